The third kappa shape index (κ3) is 2.40. The number of hydrogen-bond acceptors (Lipinski definition) is 4. The number of halogens is 1. The van der Waals surface area contributed by atoms with E-state index in [0.29, 0.717) is 11.4 Å². The van der Waals surface area contributed by atoms with Crippen molar-refractivity contribution in [2.45, 2.75) is 0 Å². The van der Waals surface area contributed by atoms with Gasteiger partial charge in [0.25, 0.3) is 5.91 Å². The van der Waals surface area contributed by atoms with E-state index >= 15 is 0 Å². The Kier molecular flexibility index (Phi) is 3.84. The van der Waals surface area contributed by atoms with Crippen molar-refractivity contribution in [3.05, 3.63) is 47.9 Å². The normalized spacial score (nSPS) is 10.2. The Bertz CT molecular complexity index is 646. The van der Waals surface area contributed by atoms with Crippen LogP contribution in [0.25, 0.3) is 0 Å². The van der Waals surface area contributed by atoms with Gasteiger partial charge in [0.2, 0.25) is 0 Å². The van der Waals surface area contributed by atoms with Gasteiger partial charge in [0.05, 0.1) is 18.4 Å². The molecule has 0 aliphatic carbocycles. The maximum atomic E-state index is 13.8. The first kappa shape index (κ1) is 13.8. The van der Waals surface area contributed by atoms with E-state index in [4.69, 9.17) is 10.5 Å². The third-order valence-electron chi connectivity index (χ3n) is 2.90. The van der Waals surface area contributed by atoms with Gasteiger partial charge in [-0.25, -0.2) is 9.37 Å². The molecule has 2 N–H and O–H groups in total. The Morgan fingerprint density at radius 2 is 2.05 bits per heavy atom. The van der Waals surface area contributed by atoms with Crippen molar-refractivity contribution < 1.29 is 13.9 Å². The zero-order chi connectivity index (χ0) is 14.7. The average molecular weight is 275 g/mol. The summed E-state index contributed by atoms with van der Waals surface area (Å²) in [7, 11) is 3.04. The Labute approximate surface area is 115 Å². The minimum Gasteiger partial charge on any atom is -0.495 e. The molecule has 2 aromatic rings. The predicted molar refractivity (Wildman–Crippen MR) is 74.3 cm³/mol. The standard InChI is InChI=1S/C14H14FN3O2/c1-18(10-5-3-4-6-11(10)20-2)14(19)9-7-8-17-13(16)12(9)15/h3-8H,1-2H3,(H2,16,17). The third-order valence-corrected chi connectivity index (χ3v) is 2.90. The summed E-state index contributed by atoms with van der Waals surface area (Å²) in [5.74, 6) is -1.13. The van der Waals surface area contributed by atoms with Crippen LogP contribution in [0.1, 0.15) is 10.4 Å². The van der Waals surface area contributed by atoms with Crippen LogP contribution in [0.3, 0.4) is 0 Å². The molecule has 0 fully saturated rings. The molecule has 1 heterocycles. The molecule has 1 amide bonds. The number of nitrogen functional groups attached to an aromatic ring is 1. The van der Waals surface area contributed by atoms with Gasteiger partial charge in [-0.15, -0.1) is 0 Å². The van der Waals surface area contributed by atoms with E-state index in [9.17, 15) is 9.18 Å². The lowest BCUT2D eigenvalue weighted by atomic mass is 10.2. The number of carbonyl (C=O) groups is 1. The van der Waals surface area contributed by atoms with Crippen molar-refractivity contribution in [3.8, 4) is 5.75 Å². The minimum absolute atomic E-state index is 0.133. The molecule has 0 saturated carbocycles. The molecule has 20 heavy (non-hydrogen) atoms. The molecule has 0 radical (unpaired) electrons. The highest BCUT2D eigenvalue weighted by atomic mass is 19.1. The SMILES string of the molecule is COc1ccccc1N(C)C(=O)c1ccnc(N)c1F. The molecular weight excluding hydrogens is 261 g/mol. The molecule has 5 nitrogen and oxygen atoms in total. The zero-order valence-corrected chi connectivity index (χ0v) is 11.1. The van der Waals surface area contributed by atoms with Crippen LogP contribution in [-0.2, 0) is 0 Å². The first-order valence-electron chi connectivity index (χ1n) is 5.87. The van der Waals surface area contributed by atoms with Crippen LogP contribution in [-0.4, -0.2) is 25.0 Å². The Morgan fingerprint density at radius 1 is 1.35 bits per heavy atom. The first-order valence-corrected chi connectivity index (χ1v) is 5.87. The lowest BCUT2D eigenvalue weighted by Gasteiger charge is -2.20. The number of benzene rings is 1. The smallest absolute Gasteiger partial charge is 0.261 e. The molecule has 0 atom stereocenters. The van der Waals surface area contributed by atoms with E-state index in [1.807, 2.05) is 0 Å². The second-order valence-electron chi connectivity index (χ2n) is 4.09. The molecule has 104 valence electrons. The summed E-state index contributed by atoms with van der Waals surface area (Å²) in [6.07, 6.45) is 1.29. The fourth-order valence-corrected chi connectivity index (χ4v) is 1.82. The quantitative estimate of drug-likeness (QED) is 0.931. The summed E-state index contributed by atoms with van der Waals surface area (Å²) in [6, 6.07) is 8.26. The summed E-state index contributed by atoms with van der Waals surface area (Å²) in [5, 5.41) is 0. The monoisotopic (exact) mass is 275 g/mol. The summed E-state index contributed by atoms with van der Waals surface area (Å²) in [6.45, 7) is 0. The largest absolute Gasteiger partial charge is 0.495 e. The van der Waals surface area contributed by atoms with Gasteiger partial charge in [0, 0.05) is 13.2 Å². The number of anilines is 2. The number of pyridine rings is 1. The Morgan fingerprint density at radius 3 is 2.75 bits per heavy atom. The zero-order valence-electron chi connectivity index (χ0n) is 11.1. The van der Waals surface area contributed by atoms with E-state index < -0.39 is 11.7 Å². The van der Waals surface area contributed by atoms with Crippen molar-refractivity contribution in [3.63, 3.8) is 0 Å². The lowest BCUT2D eigenvalue weighted by Crippen LogP contribution is -2.27. The topological polar surface area (TPSA) is 68.5 Å². The van der Waals surface area contributed by atoms with Crippen LogP contribution in [0.4, 0.5) is 15.9 Å². The van der Waals surface area contributed by atoms with Crippen LogP contribution < -0.4 is 15.4 Å². The number of amides is 1. The van der Waals surface area contributed by atoms with Gasteiger partial charge in [0.15, 0.2) is 11.6 Å². The van der Waals surface area contributed by atoms with E-state index in [0.717, 1.165) is 0 Å². The maximum Gasteiger partial charge on any atom is 0.261 e. The maximum absolute atomic E-state index is 13.8. The molecule has 0 aliphatic rings. The number of hydrogen-bond donors (Lipinski definition) is 1. The lowest BCUT2D eigenvalue weighted by molar-refractivity contribution is 0.0988. The van der Waals surface area contributed by atoms with Crippen molar-refractivity contribution in [1.29, 1.82) is 0 Å². The van der Waals surface area contributed by atoms with Gasteiger partial charge in [-0.05, 0) is 18.2 Å². The Balaban J connectivity index is 2.40. The second kappa shape index (κ2) is 5.56. The molecule has 0 spiro atoms. The molecule has 1 aromatic heterocycles. The van der Waals surface area contributed by atoms with Crippen molar-refractivity contribution >= 4 is 17.4 Å². The van der Waals surface area contributed by atoms with Crippen LogP contribution in [0, 0.1) is 5.82 Å². The highest BCUT2D eigenvalue weighted by Crippen LogP contribution is 2.28. The summed E-state index contributed by atoms with van der Waals surface area (Å²) in [5.41, 5.74) is 5.78. The van der Waals surface area contributed by atoms with E-state index in [2.05, 4.69) is 4.98 Å². The molecule has 1 aromatic carbocycles. The van der Waals surface area contributed by atoms with Crippen molar-refractivity contribution in [2.75, 3.05) is 24.8 Å². The highest BCUT2D eigenvalue weighted by molar-refractivity contribution is 6.07. The van der Waals surface area contributed by atoms with E-state index in [1.165, 1.54) is 31.3 Å². The van der Waals surface area contributed by atoms with Crippen LogP contribution in [0.15, 0.2) is 36.5 Å². The van der Waals surface area contributed by atoms with Crippen LogP contribution >= 0.6 is 0 Å². The van der Waals surface area contributed by atoms with Crippen LogP contribution in [0.2, 0.25) is 0 Å². The average Bonchev–Trinajstić information content (AvgIpc) is 2.48. The number of para-hydroxylation sites is 2. The number of methoxy groups -OCH3 is 1. The fourth-order valence-electron chi connectivity index (χ4n) is 1.82. The van der Waals surface area contributed by atoms with Gasteiger partial charge in [-0.3, -0.25) is 4.79 Å². The second-order valence-corrected chi connectivity index (χ2v) is 4.09. The number of aromatic nitrogens is 1. The molecule has 0 bridgehead atoms. The number of carbonyl (C=O) groups excluding carboxylic acids is 1. The summed E-state index contributed by atoms with van der Waals surface area (Å²) >= 11 is 0. The molecule has 0 unspecified atom stereocenters. The van der Waals surface area contributed by atoms with Gasteiger partial charge in [0.1, 0.15) is 5.75 Å². The van der Waals surface area contributed by atoms with Crippen LogP contribution in [0.5, 0.6) is 5.75 Å². The molecule has 0 saturated heterocycles. The molecule has 0 aliphatic heterocycles. The first-order chi connectivity index (χ1) is 9.56. The molecular formula is C14H14FN3O2. The summed E-state index contributed by atoms with van der Waals surface area (Å²) < 4.78 is 19.0. The highest BCUT2D eigenvalue weighted by Gasteiger charge is 2.21. The number of ether oxygens (including phenoxy) is 1. The Hall–Kier alpha value is -2.63. The summed E-state index contributed by atoms with van der Waals surface area (Å²) in [4.78, 5) is 17.2. The van der Waals surface area contributed by atoms with Gasteiger partial charge in [-0.1, -0.05) is 12.1 Å². The minimum atomic E-state index is -0.820. The van der Waals surface area contributed by atoms with Crippen molar-refractivity contribution in [1.82, 2.24) is 4.98 Å². The van der Waals surface area contributed by atoms with E-state index in [-0.39, 0.29) is 11.4 Å². The van der Waals surface area contributed by atoms with Gasteiger partial charge < -0.3 is 15.4 Å². The van der Waals surface area contributed by atoms with Crippen molar-refractivity contribution in [2.24, 2.45) is 0 Å². The molecule has 6 heteroatoms. The van der Waals surface area contributed by atoms with Gasteiger partial charge in [-0.2, -0.15) is 0 Å². The fraction of sp³-hybridized carbons (Fsp3) is 0.143. The predicted octanol–water partition coefficient (Wildman–Crippen LogP) is 2.09. The van der Waals surface area contributed by atoms with E-state index in [1.54, 1.807) is 24.3 Å². The number of rotatable bonds is 3. The number of nitrogens with two attached hydrogens (primary N) is 1. The van der Waals surface area contributed by atoms with Gasteiger partial charge >= 0.3 is 0 Å². The number of nitrogens with zero attached hydrogens (tertiary/aromatic N) is 2. The molecule has 2 rings (SSSR count).